The first kappa shape index (κ1) is 15.6. The van der Waals surface area contributed by atoms with Crippen LogP contribution in [0, 0.1) is 17.2 Å². The molecule has 1 aromatic rings. The van der Waals surface area contributed by atoms with E-state index in [1.807, 2.05) is 0 Å². The maximum atomic E-state index is 13.0. The Morgan fingerprint density at radius 2 is 1.73 bits per heavy atom. The molecule has 0 saturated carbocycles. The molecule has 0 aromatic heterocycles. The van der Waals surface area contributed by atoms with Crippen LogP contribution in [-0.2, 0) is 9.59 Å². The first-order chi connectivity index (χ1) is 10.3. The lowest BCUT2D eigenvalue weighted by molar-refractivity contribution is -0.145. The Morgan fingerprint density at radius 1 is 1.14 bits per heavy atom. The van der Waals surface area contributed by atoms with Gasteiger partial charge in [-0.05, 0) is 24.3 Å². The van der Waals surface area contributed by atoms with Gasteiger partial charge in [-0.1, -0.05) is 25.2 Å². The Hall–Kier alpha value is -2.76. The van der Waals surface area contributed by atoms with Crippen LogP contribution in [-0.4, -0.2) is 27.9 Å². The van der Waals surface area contributed by atoms with Crippen LogP contribution in [0.1, 0.15) is 17.3 Å². The van der Waals surface area contributed by atoms with Crippen molar-refractivity contribution in [3.8, 4) is 0 Å². The van der Waals surface area contributed by atoms with E-state index >= 15 is 0 Å². The van der Waals surface area contributed by atoms with Gasteiger partial charge in [-0.2, -0.15) is 0 Å². The van der Waals surface area contributed by atoms with E-state index in [9.17, 15) is 23.9 Å². The van der Waals surface area contributed by atoms with E-state index in [-0.39, 0.29) is 11.1 Å². The van der Waals surface area contributed by atoms with Crippen molar-refractivity contribution in [3.63, 3.8) is 0 Å². The van der Waals surface area contributed by atoms with Crippen molar-refractivity contribution in [1.29, 1.82) is 0 Å². The number of hydrogen-bond donors (Lipinski definition) is 2. The van der Waals surface area contributed by atoms with Crippen LogP contribution in [0.2, 0.25) is 0 Å². The highest BCUT2D eigenvalue weighted by Gasteiger charge is 2.52. The topological polar surface area (TPSA) is 91.7 Å². The summed E-state index contributed by atoms with van der Waals surface area (Å²) in [5.41, 5.74) is -2.19. The number of ketones is 1. The largest absolute Gasteiger partial charge is 0.480 e. The third-order valence-electron chi connectivity index (χ3n) is 3.87. The van der Waals surface area contributed by atoms with Crippen molar-refractivity contribution < 1.29 is 29.0 Å². The summed E-state index contributed by atoms with van der Waals surface area (Å²) >= 11 is 0. The third kappa shape index (κ3) is 2.32. The van der Waals surface area contributed by atoms with E-state index in [1.54, 1.807) is 0 Å². The molecule has 0 spiro atoms. The second-order valence-corrected chi connectivity index (χ2v) is 5.02. The molecule has 2 N–H and O–H groups in total. The fourth-order valence-electron chi connectivity index (χ4n) is 2.56. The van der Waals surface area contributed by atoms with Gasteiger partial charge in [0.05, 0.1) is 0 Å². The van der Waals surface area contributed by atoms with Crippen molar-refractivity contribution in [1.82, 2.24) is 0 Å². The van der Waals surface area contributed by atoms with E-state index in [0.29, 0.717) is 0 Å². The molecule has 22 heavy (non-hydrogen) atoms. The summed E-state index contributed by atoms with van der Waals surface area (Å²) < 4.78 is 13.0. The number of aliphatic carboxylic acids is 2. The van der Waals surface area contributed by atoms with E-state index in [1.165, 1.54) is 37.3 Å². The van der Waals surface area contributed by atoms with E-state index in [4.69, 9.17) is 5.11 Å². The molecule has 2 unspecified atom stereocenters. The molecule has 0 amide bonds. The molecule has 1 aliphatic rings. The average Bonchev–Trinajstić information content (AvgIpc) is 2.47. The predicted octanol–water partition coefficient (Wildman–Crippen LogP) is 2.30. The van der Waals surface area contributed by atoms with Crippen LogP contribution in [0.25, 0.3) is 0 Å². The summed E-state index contributed by atoms with van der Waals surface area (Å²) in [6, 6.07) is 4.46. The Kier molecular flexibility index (Phi) is 3.95. The van der Waals surface area contributed by atoms with Crippen LogP contribution in [0.3, 0.4) is 0 Å². The van der Waals surface area contributed by atoms with Gasteiger partial charge in [-0.3, -0.25) is 9.59 Å². The zero-order valence-corrected chi connectivity index (χ0v) is 11.6. The Bertz CT molecular complexity index is 702. The van der Waals surface area contributed by atoms with Crippen molar-refractivity contribution >= 4 is 17.7 Å². The summed E-state index contributed by atoms with van der Waals surface area (Å²) in [5.74, 6) is -5.13. The zero-order chi connectivity index (χ0) is 16.5. The molecule has 5 nitrogen and oxygen atoms in total. The second kappa shape index (κ2) is 5.55. The molecule has 0 aliphatic heterocycles. The molecule has 2 atom stereocenters. The molecule has 1 aliphatic carbocycles. The summed E-state index contributed by atoms with van der Waals surface area (Å²) in [6.07, 6.45) is 3.70. The van der Waals surface area contributed by atoms with Crippen molar-refractivity contribution in [2.45, 2.75) is 6.92 Å². The fraction of sp³-hybridized carbons (Fsp3) is 0.188. The number of rotatable bonds is 4. The second-order valence-electron chi connectivity index (χ2n) is 5.02. The van der Waals surface area contributed by atoms with Crippen LogP contribution in [0.4, 0.5) is 4.39 Å². The lowest BCUT2D eigenvalue weighted by Crippen LogP contribution is -2.46. The standard InChI is InChI=1S/C16H13FO5/c1-9-12(14(19)20)3-2-8-16(9,15(21)22)13(18)10-4-6-11(17)7-5-10/h2-9H,1H3,(H,19,20)(H,21,22). The lowest BCUT2D eigenvalue weighted by Gasteiger charge is -2.33. The monoisotopic (exact) mass is 304 g/mol. The Morgan fingerprint density at radius 3 is 2.23 bits per heavy atom. The summed E-state index contributed by atoms with van der Waals surface area (Å²) in [4.78, 5) is 35.7. The molecule has 2 rings (SSSR count). The number of carbonyl (C=O) groups excluding carboxylic acids is 1. The van der Waals surface area contributed by atoms with E-state index in [0.717, 1.165) is 12.1 Å². The van der Waals surface area contributed by atoms with Crippen molar-refractivity contribution in [3.05, 3.63) is 59.4 Å². The first-order valence-corrected chi connectivity index (χ1v) is 6.47. The van der Waals surface area contributed by atoms with Gasteiger partial charge in [0.15, 0.2) is 11.2 Å². The normalized spacial score (nSPS) is 23.7. The molecule has 0 fully saturated rings. The van der Waals surface area contributed by atoms with Gasteiger partial charge in [0.25, 0.3) is 0 Å². The minimum absolute atomic E-state index is 0.00642. The Labute approximate surface area is 125 Å². The molecule has 114 valence electrons. The zero-order valence-electron chi connectivity index (χ0n) is 11.6. The minimum atomic E-state index is -2.03. The van der Waals surface area contributed by atoms with Crippen LogP contribution < -0.4 is 0 Å². The quantitative estimate of drug-likeness (QED) is 0.658. The van der Waals surface area contributed by atoms with E-state index < -0.39 is 34.9 Å². The summed E-state index contributed by atoms with van der Waals surface area (Å²) in [7, 11) is 0. The highest BCUT2D eigenvalue weighted by Crippen LogP contribution is 2.41. The van der Waals surface area contributed by atoms with Gasteiger partial charge in [0.2, 0.25) is 0 Å². The molecular formula is C16H13FO5. The first-order valence-electron chi connectivity index (χ1n) is 6.47. The number of halogens is 1. The minimum Gasteiger partial charge on any atom is -0.480 e. The molecule has 0 saturated heterocycles. The maximum Gasteiger partial charge on any atom is 0.331 e. The number of carboxylic acid groups (broad SMARTS) is 2. The average molecular weight is 304 g/mol. The van der Waals surface area contributed by atoms with Crippen LogP contribution in [0.15, 0.2) is 48.1 Å². The van der Waals surface area contributed by atoms with Gasteiger partial charge in [0, 0.05) is 17.1 Å². The summed E-state index contributed by atoms with van der Waals surface area (Å²) in [5, 5.41) is 18.7. The number of hydrogen-bond acceptors (Lipinski definition) is 3. The van der Waals surface area contributed by atoms with E-state index in [2.05, 4.69) is 0 Å². The van der Waals surface area contributed by atoms with Crippen molar-refractivity contribution in [2.24, 2.45) is 11.3 Å². The van der Waals surface area contributed by atoms with Crippen molar-refractivity contribution in [2.75, 3.05) is 0 Å². The number of benzene rings is 1. The van der Waals surface area contributed by atoms with Gasteiger partial charge < -0.3 is 10.2 Å². The molecule has 1 aromatic carbocycles. The number of carbonyl (C=O) groups is 3. The lowest BCUT2D eigenvalue weighted by atomic mass is 9.66. The molecule has 6 heteroatoms. The molecular weight excluding hydrogens is 291 g/mol. The maximum absolute atomic E-state index is 13.0. The predicted molar refractivity (Wildman–Crippen MR) is 74.8 cm³/mol. The molecule has 0 radical (unpaired) electrons. The van der Waals surface area contributed by atoms with Gasteiger partial charge in [0.1, 0.15) is 5.82 Å². The molecule has 0 heterocycles. The smallest absolute Gasteiger partial charge is 0.331 e. The Balaban J connectivity index is 2.55. The van der Waals surface area contributed by atoms with Gasteiger partial charge in [-0.25, -0.2) is 9.18 Å². The summed E-state index contributed by atoms with van der Waals surface area (Å²) in [6.45, 7) is 1.37. The van der Waals surface area contributed by atoms with Crippen LogP contribution in [0.5, 0.6) is 0 Å². The van der Waals surface area contributed by atoms with Gasteiger partial charge >= 0.3 is 11.9 Å². The number of allylic oxidation sites excluding steroid dienone is 2. The highest BCUT2D eigenvalue weighted by atomic mass is 19.1. The van der Waals surface area contributed by atoms with Crippen LogP contribution >= 0.6 is 0 Å². The SMILES string of the molecule is CC1C(C(=O)O)=CC=CC1(C(=O)O)C(=O)c1ccc(F)cc1. The number of carboxylic acids is 2. The third-order valence-corrected chi connectivity index (χ3v) is 3.87. The molecule has 0 bridgehead atoms. The fourth-order valence-corrected chi connectivity index (χ4v) is 2.56. The highest BCUT2D eigenvalue weighted by molar-refractivity contribution is 6.15. The number of Topliss-reactive ketones (excluding diaryl/α,β-unsaturated/α-hetero) is 1. The van der Waals surface area contributed by atoms with Gasteiger partial charge in [-0.15, -0.1) is 0 Å².